The van der Waals surface area contributed by atoms with Crippen LogP contribution in [0, 0.1) is 18.7 Å². The molecule has 2 amide bonds. The van der Waals surface area contributed by atoms with Gasteiger partial charge in [-0.05, 0) is 19.1 Å². The number of benzene rings is 1. The normalized spacial score (nSPS) is 17.4. The van der Waals surface area contributed by atoms with Gasteiger partial charge in [-0.1, -0.05) is 17.4 Å². The highest BCUT2D eigenvalue weighted by Crippen LogP contribution is 2.31. The zero-order chi connectivity index (χ0) is 17.6. The van der Waals surface area contributed by atoms with Crippen molar-refractivity contribution < 1.29 is 14.0 Å². The van der Waals surface area contributed by atoms with Crippen molar-refractivity contribution in [2.24, 2.45) is 5.92 Å². The molecule has 1 aliphatic heterocycles. The van der Waals surface area contributed by atoms with Gasteiger partial charge in [0.05, 0.1) is 16.8 Å². The minimum Gasteiger partial charge on any atom is -0.300 e. The molecule has 128 valence electrons. The first-order chi connectivity index (χ1) is 12.0. The number of anilines is 2. The van der Waals surface area contributed by atoms with Crippen LogP contribution in [0.2, 0.25) is 0 Å². The lowest BCUT2D eigenvalue weighted by Gasteiger charge is -2.14. The Labute approximate surface area is 145 Å². The maximum absolute atomic E-state index is 14.1. The molecule has 1 aromatic carbocycles. The second-order valence-electron chi connectivity index (χ2n) is 5.73. The van der Waals surface area contributed by atoms with Gasteiger partial charge < -0.3 is 5.32 Å². The summed E-state index contributed by atoms with van der Waals surface area (Å²) in [6.45, 7) is 1.92. The molecule has 0 spiro atoms. The third kappa shape index (κ3) is 2.74. The smallest absolute Gasteiger partial charge is 0.231 e. The van der Waals surface area contributed by atoms with Crippen molar-refractivity contribution in [1.82, 2.24) is 20.4 Å². The Morgan fingerprint density at radius 2 is 2.28 bits per heavy atom. The first-order valence-corrected chi connectivity index (χ1v) is 8.38. The molecule has 0 bridgehead atoms. The molecular weight excluding hydrogens is 347 g/mol. The second-order valence-corrected chi connectivity index (χ2v) is 6.91. The van der Waals surface area contributed by atoms with E-state index in [1.807, 2.05) is 0 Å². The summed E-state index contributed by atoms with van der Waals surface area (Å²) in [4.78, 5) is 26.0. The van der Waals surface area contributed by atoms with Crippen LogP contribution in [-0.2, 0) is 9.59 Å². The van der Waals surface area contributed by atoms with Crippen LogP contribution in [0.4, 0.5) is 15.3 Å². The fraction of sp³-hybridized carbons (Fsp3) is 0.267. The predicted molar refractivity (Wildman–Crippen MR) is 89.8 cm³/mol. The van der Waals surface area contributed by atoms with E-state index in [1.54, 1.807) is 19.1 Å². The zero-order valence-electron chi connectivity index (χ0n) is 13.1. The number of aromatic amines is 1. The Morgan fingerprint density at radius 1 is 1.44 bits per heavy atom. The standard InChI is InChI=1S/C15H13FN6O2S/c1-7-18-21-15(25-7)17-14(24)8-5-11(23)22(6-8)13-12-9(16)3-2-4-10(12)19-20-13/h2-4,8H,5-6H2,1H3,(H,19,20)(H,17,21,24)/t8-/m0/s1. The molecule has 0 aliphatic carbocycles. The summed E-state index contributed by atoms with van der Waals surface area (Å²) in [5.41, 5.74) is 0.500. The van der Waals surface area contributed by atoms with E-state index in [-0.39, 0.29) is 36.0 Å². The summed E-state index contributed by atoms with van der Waals surface area (Å²) >= 11 is 1.26. The van der Waals surface area contributed by atoms with Crippen molar-refractivity contribution in [3.8, 4) is 0 Å². The molecule has 1 aliphatic rings. The second kappa shape index (κ2) is 5.88. The van der Waals surface area contributed by atoms with E-state index in [4.69, 9.17) is 0 Å². The number of nitrogens with one attached hydrogen (secondary N) is 2. The molecule has 10 heteroatoms. The molecule has 4 rings (SSSR count). The fourth-order valence-corrected chi connectivity index (χ4v) is 3.45. The highest BCUT2D eigenvalue weighted by atomic mass is 32.1. The van der Waals surface area contributed by atoms with Crippen LogP contribution >= 0.6 is 11.3 Å². The maximum Gasteiger partial charge on any atom is 0.231 e. The third-order valence-electron chi connectivity index (χ3n) is 4.03. The van der Waals surface area contributed by atoms with E-state index >= 15 is 0 Å². The van der Waals surface area contributed by atoms with Crippen LogP contribution in [-0.4, -0.2) is 38.8 Å². The van der Waals surface area contributed by atoms with E-state index < -0.39 is 11.7 Å². The van der Waals surface area contributed by atoms with E-state index in [2.05, 4.69) is 25.7 Å². The SMILES string of the molecule is Cc1nnc(NC(=O)[C@H]2CC(=O)N(c3n[nH]c4cccc(F)c34)C2)s1. The lowest BCUT2D eigenvalue weighted by atomic mass is 10.1. The minimum atomic E-state index is -0.560. The zero-order valence-corrected chi connectivity index (χ0v) is 13.9. The first-order valence-electron chi connectivity index (χ1n) is 7.57. The predicted octanol–water partition coefficient (Wildman–Crippen LogP) is 1.85. The summed E-state index contributed by atoms with van der Waals surface area (Å²) in [7, 11) is 0. The molecule has 3 heterocycles. The monoisotopic (exact) mass is 360 g/mol. The number of hydrogen-bond donors (Lipinski definition) is 2. The Kier molecular flexibility index (Phi) is 3.68. The average molecular weight is 360 g/mol. The van der Waals surface area contributed by atoms with Crippen molar-refractivity contribution in [3.63, 3.8) is 0 Å². The van der Waals surface area contributed by atoms with Crippen molar-refractivity contribution in [3.05, 3.63) is 29.0 Å². The van der Waals surface area contributed by atoms with Crippen molar-refractivity contribution in [2.45, 2.75) is 13.3 Å². The van der Waals surface area contributed by atoms with E-state index in [0.29, 0.717) is 10.6 Å². The van der Waals surface area contributed by atoms with Gasteiger partial charge in [0.1, 0.15) is 10.8 Å². The third-order valence-corrected chi connectivity index (χ3v) is 4.78. The van der Waals surface area contributed by atoms with Crippen LogP contribution in [0.1, 0.15) is 11.4 Å². The lowest BCUT2D eigenvalue weighted by molar-refractivity contribution is -0.122. The van der Waals surface area contributed by atoms with Gasteiger partial charge in [0.25, 0.3) is 0 Å². The molecule has 1 saturated heterocycles. The van der Waals surface area contributed by atoms with Crippen LogP contribution in [0.15, 0.2) is 18.2 Å². The van der Waals surface area contributed by atoms with Crippen molar-refractivity contribution in [2.75, 3.05) is 16.8 Å². The van der Waals surface area contributed by atoms with Crippen LogP contribution < -0.4 is 10.2 Å². The number of fused-ring (bicyclic) bond motifs is 1. The fourth-order valence-electron chi connectivity index (χ4n) is 2.85. The first kappa shape index (κ1) is 15.6. The summed E-state index contributed by atoms with van der Waals surface area (Å²) in [6.07, 6.45) is 0.0342. The molecule has 2 aromatic heterocycles. The van der Waals surface area contributed by atoms with Gasteiger partial charge >= 0.3 is 0 Å². The lowest BCUT2D eigenvalue weighted by Crippen LogP contribution is -2.28. The van der Waals surface area contributed by atoms with Gasteiger partial charge in [0, 0.05) is 13.0 Å². The number of nitrogens with zero attached hydrogens (tertiary/aromatic N) is 4. The Balaban J connectivity index is 1.56. The van der Waals surface area contributed by atoms with Crippen molar-refractivity contribution in [1.29, 1.82) is 0 Å². The molecule has 1 fully saturated rings. The summed E-state index contributed by atoms with van der Waals surface area (Å²) in [5, 5.41) is 18.5. The van der Waals surface area contributed by atoms with Gasteiger partial charge in [-0.15, -0.1) is 10.2 Å². The number of carbonyl (C=O) groups excluding carboxylic acids is 2. The van der Waals surface area contributed by atoms with Crippen molar-refractivity contribution >= 4 is 45.0 Å². The molecule has 0 unspecified atom stereocenters. The molecule has 3 aromatic rings. The number of rotatable bonds is 3. The number of carbonyl (C=O) groups is 2. The number of aryl methyl sites for hydroxylation is 1. The largest absolute Gasteiger partial charge is 0.300 e. The molecule has 0 saturated carbocycles. The quantitative estimate of drug-likeness (QED) is 0.742. The number of amides is 2. The van der Waals surface area contributed by atoms with Gasteiger partial charge in [-0.2, -0.15) is 5.10 Å². The summed E-state index contributed by atoms with van der Waals surface area (Å²) < 4.78 is 14.1. The number of aromatic nitrogens is 4. The Bertz CT molecular complexity index is 983. The highest BCUT2D eigenvalue weighted by Gasteiger charge is 2.37. The van der Waals surface area contributed by atoms with Crippen LogP contribution in [0.5, 0.6) is 0 Å². The summed E-state index contributed by atoms with van der Waals surface area (Å²) in [5.74, 6) is -1.40. The summed E-state index contributed by atoms with van der Waals surface area (Å²) in [6, 6.07) is 4.55. The number of hydrogen-bond acceptors (Lipinski definition) is 6. The van der Waals surface area contributed by atoms with Gasteiger partial charge in [0.2, 0.25) is 16.9 Å². The Morgan fingerprint density at radius 3 is 3.04 bits per heavy atom. The highest BCUT2D eigenvalue weighted by molar-refractivity contribution is 7.15. The van der Waals surface area contributed by atoms with Crippen LogP contribution in [0.25, 0.3) is 10.9 Å². The van der Waals surface area contributed by atoms with Gasteiger partial charge in [0.15, 0.2) is 5.82 Å². The molecule has 25 heavy (non-hydrogen) atoms. The Hall–Kier alpha value is -2.88. The van der Waals surface area contributed by atoms with E-state index in [0.717, 1.165) is 5.01 Å². The molecule has 2 N–H and O–H groups in total. The van der Waals surface area contributed by atoms with E-state index in [9.17, 15) is 14.0 Å². The van der Waals surface area contributed by atoms with Crippen LogP contribution in [0.3, 0.4) is 0 Å². The topological polar surface area (TPSA) is 104 Å². The van der Waals surface area contributed by atoms with Gasteiger partial charge in [-0.25, -0.2) is 4.39 Å². The minimum absolute atomic E-state index is 0.0342. The molecule has 1 atom stereocenters. The molecule has 0 radical (unpaired) electrons. The molecular formula is C15H13FN6O2S. The molecule has 8 nitrogen and oxygen atoms in total. The van der Waals surface area contributed by atoms with Gasteiger partial charge in [-0.3, -0.25) is 19.6 Å². The number of H-pyrrole nitrogens is 1. The average Bonchev–Trinajstić information content (AvgIpc) is 3.26. The van der Waals surface area contributed by atoms with E-state index in [1.165, 1.54) is 22.3 Å². The number of halogens is 1. The maximum atomic E-state index is 14.1.